The summed E-state index contributed by atoms with van der Waals surface area (Å²) >= 11 is 6.98. The van der Waals surface area contributed by atoms with Crippen molar-refractivity contribution in [1.82, 2.24) is 4.98 Å². The summed E-state index contributed by atoms with van der Waals surface area (Å²) in [6.07, 6.45) is 0. The molecule has 0 radical (unpaired) electrons. The Labute approximate surface area is 130 Å². The second kappa shape index (κ2) is 5.89. The maximum Gasteiger partial charge on any atom is 0.272 e. The van der Waals surface area contributed by atoms with Gasteiger partial charge < -0.3 is 4.74 Å². The molecular weight excluding hydrogens is 341 g/mol. The Kier molecular flexibility index (Phi) is 4.59. The van der Waals surface area contributed by atoms with Crippen LogP contribution in [0.2, 0.25) is 5.02 Å². The van der Waals surface area contributed by atoms with Crippen LogP contribution in [-0.4, -0.2) is 20.0 Å². The van der Waals surface area contributed by atoms with Crippen LogP contribution in [0.15, 0.2) is 22.4 Å². The van der Waals surface area contributed by atoms with Crippen LogP contribution in [0.4, 0.5) is 0 Å². The summed E-state index contributed by atoms with van der Waals surface area (Å²) < 4.78 is 28.5. The molecule has 0 spiro atoms. The van der Waals surface area contributed by atoms with E-state index in [0.29, 0.717) is 33.6 Å². The van der Waals surface area contributed by atoms with E-state index in [-0.39, 0.29) is 4.21 Å². The van der Waals surface area contributed by atoms with Gasteiger partial charge in [-0.3, -0.25) is 0 Å². The average Bonchev–Trinajstić information content (AvgIpc) is 2.73. The van der Waals surface area contributed by atoms with E-state index in [9.17, 15) is 8.42 Å². The molecule has 0 saturated carbocycles. The minimum Gasteiger partial charge on any atom is -0.493 e. The first-order chi connectivity index (χ1) is 9.32. The number of rotatable bonds is 4. The van der Waals surface area contributed by atoms with Crippen LogP contribution in [0.1, 0.15) is 12.6 Å². The quantitative estimate of drug-likeness (QED) is 0.778. The Morgan fingerprint density at radius 3 is 2.65 bits per heavy atom. The number of ether oxygens (including phenoxy) is 1. The van der Waals surface area contributed by atoms with E-state index in [0.717, 1.165) is 11.3 Å². The van der Waals surface area contributed by atoms with Crippen molar-refractivity contribution < 1.29 is 13.2 Å². The summed E-state index contributed by atoms with van der Waals surface area (Å²) in [6.45, 7) is 3.94. The molecular formula is C12H11Cl2NO3S2. The van der Waals surface area contributed by atoms with E-state index in [1.807, 2.05) is 6.92 Å². The van der Waals surface area contributed by atoms with E-state index < -0.39 is 9.05 Å². The zero-order valence-corrected chi connectivity index (χ0v) is 13.8. The lowest BCUT2D eigenvalue weighted by Crippen LogP contribution is -1.93. The van der Waals surface area contributed by atoms with Gasteiger partial charge in [-0.2, -0.15) is 0 Å². The first kappa shape index (κ1) is 15.6. The fourth-order valence-electron chi connectivity index (χ4n) is 1.67. The molecule has 1 aromatic carbocycles. The fourth-order valence-corrected chi connectivity index (χ4v) is 4.32. The molecule has 1 heterocycles. The molecule has 108 valence electrons. The highest BCUT2D eigenvalue weighted by Crippen LogP contribution is 2.38. The molecule has 0 bridgehead atoms. The van der Waals surface area contributed by atoms with Gasteiger partial charge >= 0.3 is 0 Å². The van der Waals surface area contributed by atoms with Gasteiger partial charge in [0, 0.05) is 15.7 Å². The first-order valence-electron chi connectivity index (χ1n) is 5.67. The summed E-state index contributed by atoms with van der Waals surface area (Å²) in [6, 6.07) is 5.12. The molecule has 0 aliphatic rings. The molecule has 2 aromatic rings. The molecule has 0 saturated heterocycles. The van der Waals surface area contributed by atoms with Crippen LogP contribution in [0, 0.1) is 6.92 Å². The minimum absolute atomic E-state index is 0.0385. The lowest BCUT2D eigenvalue weighted by Gasteiger charge is -2.08. The number of nitrogens with zero attached hydrogens (tertiary/aromatic N) is 1. The number of hydrogen-bond acceptors (Lipinski definition) is 5. The predicted molar refractivity (Wildman–Crippen MR) is 81.5 cm³/mol. The molecule has 0 amide bonds. The molecule has 2 rings (SSSR count). The number of aromatic nitrogens is 1. The lowest BCUT2D eigenvalue weighted by atomic mass is 10.2. The summed E-state index contributed by atoms with van der Waals surface area (Å²) in [5, 5.41) is 1.03. The summed E-state index contributed by atoms with van der Waals surface area (Å²) in [5.41, 5.74) is 1.02. The van der Waals surface area contributed by atoms with Crippen molar-refractivity contribution in [3.05, 3.63) is 28.9 Å². The van der Waals surface area contributed by atoms with Crippen molar-refractivity contribution >= 4 is 42.7 Å². The maximum absolute atomic E-state index is 11.5. The van der Waals surface area contributed by atoms with E-state index in [1.165, 1.54) is 0 Å². The number of aryl methyl sites for hydroxylation is 1. The molecule has 0 unspecified atom stereocenters. The second-order valence-electron chi connectivity index (χ2n) is 3.90. The fraction of sp³-hybridized carbons (Fsp3) is 0.250. The molecule has 0 N–H and O–H groups in total. The molecule has 0 fully saturated rings. The smallest absolute Gasteiger partial charge is 0.272 e. The Bertz CT molecular complexity index is 741. The summed E-state index contributed by atoms with van der Waals surface area (Å²) in [7, 11) is 1.58. The zero-order chi connectivity index (χ0) is 14.9. The standard InChI is InChI=1S/C12H11Cl2NO3S2/c1-3-18-10-5-4-8(13)6-9(10)11-15-7(2)12(19-11)20(14,16)17/h4-6H,3H2,1-2H3. The van der Waals surface area contributed by atoms with Gasteiger partial charge in [-0.1, -0.05) is 11.6 Å². The number of thiazole rings is 1. The molecule has 0 atom stereocenters. The molecule has 4 nitrogen and oxygen atoms in total. The Morgan fingerprint density at radius 2 is 2.10 bits per heavy atom. The normalized spacial score (nSPS) is 11.6. The van der Waals surface area contributed by atoms with Gasteiger partial charge in [0.2, 0.25) is 0 Å². The van der Waals surface area contributed by atoms with Crippen molar-refractivity contribution in [2.24, 2.45) is 0 Å². The maximum atomic E-state index is 11.5. The van der Waals surface area contributed by atoms with Crippen molar-refractivity contribution in [3.63, 3.8) is 0 Å². The summed E-state index contributed by atoms with van der Waals surface area (Å²) in [4.78, 5) is 4.25. The number of hydrogen-bond donors (Lipinski definition) is 0. The largest absolute Gasteiger partial charge is 0.493 e. The number of halogens is 2. The number of benzene rings is 1. The van der Waals surface area contributed by atoms with E-state index in [4.69, 9.17) is 27.0 Å². The second-order valence-corrected chi connectivity index (χ2v) is 8.10. The minimum atomic E-state index is -3.80. The topological polar surface area (TPSA) is 56.3 Å². The van der Waals surface area contributed by atoms with Gasteiger partial charge in [-0.25, -0.2) is 13.4 Å². The van der Waals surface area contributed by atoms with Crippen LogP contribution in [0.25, 0.3) is 10.6 Å². The van der Waals surface area contributed by atoms with Crippen molar-refractivity contribution in [3.8, 4) is 16.3 Å². The van der Waals surface area contributed by atoms with E-state index in [1.54, 1.807) is 25.1 Å². The molecule has 0 aliphatic heterocycles. The highest BCUT2D eigenvalue weighted by molar-refractivity contribution is 8.15. The van der Waals surface area contributed by atoms with E-state index in [2.05, 4.69) is 4.98 Å². The highest BCUT2D eigenvalue weighted by Gasteiger charge is 2.21. The van der Waals surface area contributed by atoms with Gasteiger partial charge in [-0.05, 0) is 32.0 Å². The third-order valence-corrected chi connectivity index (χ3v) is 6.05. The SMILES string of the molecule is CCOc1ccc(Cl)cc1-c1nc(C)c(S(=O)(=O)Cl)s1. The zero-order valence-electron chi connectivity index (χ0n) is 10.7. The van der Waals surface area contributed by atoms with Gasteiger partial charge in [0.05, 0.1) is 17.9 Å². The van der Waals surface area contributed by atoms with Gasteiger partial charge in [-0.15, -0.1) is 11.3 Å². The predicted octanol–water partition coefficient (Wildman–Crippen LogP) is 4.10. The molecule has 20 heavy (non-hydrogen) atoms. The van der Waals surface area contributed by atoms with Crippen molar-refractivity contribution in [1.29, 1.82) is 0 Å². The van der Waals surface area contributed by atoms with Crippen LogP contribution < -0.4 is 4.74 Å². The van der Waals surface area contributed by atoms with Crippen molar-refractivity contribution in [2.75, 3.05) is 6.61 Å². The average molecular weight is 352 g/mol. The van der Waals surface area contributed by atoms with Crippen LogP contribution in [0.3, 0.4) is 0 Å². The summed E-state index contributed by atoms with van der Waals surface area (Å²) in [5.74, 6) is 0.601. The Hall–Kier alpha value is -0.820. The monoisotopic (exact) mass is 351 g/mol. The first-order valence-corrected chi connectivity index (χ1v) is 9.18. The molecule has 8 heteroatoms. The third-order valence-electron chi connectivity index (χ3n) is 2.45. The Morgan fingerprint density at radius 1 is 1.40 bits per heavy atom. The van der Waals surface area contributed by atoms with Gasteiger partial charge in [0.25, 0.3) is 9.05 Å². The third kappa shape index (κ3) is 3.25. The Balaban J connectivity index is 2.60. The van der Waals surface area contributed by atoms with Crippen LogP contribution in [-0.2, 0) is 9.05 Å². The highest BCUT2D eigenvalue weighted by atomic mass is 35.7. The van der Waals surface area contributed by atoms with Gasteiger partial charge in [0.15, 0.2) is 4.21 Å². The van der Waals surface area contributed by atoms with Gasteiger partial charge in [0.1, 0.15) is 10.8 Å². The van der Waals surface area contributed by atoms with Crippen LogP contribution in [0.5, 0.6) is 5.75 Å². The van der Waals surface area contributed by atoms with E-state index >= 15 is 0 Å². The van der Waals surface area contributed by atoms with Crippen LogP contribution >= 0.6 is 33.6 Å². The van der Waals surface area contributed by atoms with Crippen molar-refractivity contribution in [2.45, 2.75) is 18.1 Å². The lowest BCUT2D eigenvalue weighted by molar-refractivity contribution is 0.341. The molecule has 1 aromatic heterocycles. The molecule has 0 aliphatic carbocycles.